The lowest BCUT2D eigenvalue weighted by atomic mass is 9.86. The monoisotopic (exact) mass is 284 g/mol. The van der Waals surface area contributed by atoms with Crippen molar-refractivity contribution in [1.82, 2.24) is 10.2 Å². The van der Waals surface area contributed by atoms with E-state index in [4.69, 9.17) is 4.74 Å². The summed E-state index contributed by atoms with van der Waals surface area (Å²) in [7, 11) is 0. The van der Waals surface area contributed by atoms with Crippen LogP contribution in [0.15, 0.2) is 0 Å². The molecular weight excluding hydrogens is 252 g/mol. The van der Waals surface area contributed by atoms with Gasteiger partial charge < -0.3 is 15.2 Å². The molecule has 0 aromatic carbocycles. The summed E-state index contributed by atoms with van der Waals surface area (Å²) in [5, 5.41) is 13.2. The summed E-state index contributed by atoms with van der Waals surface area (Å²) in [6.45, 7) is 13.1. The molecule has 0 aromatic rings. The maximum atomic E-state index is 9.63. The number of ether oxygens (including phenoxy) is 1. The van der Waals surface area contributed by atoms with Crippen LogP contribution >= 0.6 is 0 Å². The SMILES string of the molecule is CC(C)CNCC1(CN2CCC(C)C2CO)CCOC1. The Labute approximate surface area is 123 Å². The fraction of sp³-hybridized carbons (Fsp3) is 1.00. The van der Waals surface area contributed by atoms with Crippen LogP contribution in [0.4, 0.5) is 0 Å². The maximum Gasteiger partial charge on any atom is 0.0589 e. The smallest absolute Gasteiger partial charge is 0.0589 e. The average molecular weight is 284 g/mol. The van der Waals surface area contributed by atoms with Crippen LogP contribution in [0.1, 0.15) is 33.6 Å². The van der Waals surface area contributed by atoms with Crippen LogP contribution in [0.5, 0.6) is 0 Å². The maximum absolute atomic E-state index is 9.63. The summed E-state index contributed by atoms with van der Waals surface area (Å²) in [4.78, 5) is 2.50. The van der Waals surface area contributed by atoms with Crippen LogP contribution in [0.2, 0.25) is 0 Å². The molecule has 4 heteroatoms. The molecule has 0 bridgehead atoms. The number of aliphatic hydroxyl groups is 1. The van der Waals surface area contributed by atoms with Crippen LogP contribution in [-0.4, -0.2) is 62.0 Å². The first kappa shape index (κ1) is 16.2. The summed E-state index contributed by atoms with van der Waals surface area (Å²) >= 11 is 0. The average Bonchev–Trinajstić information content (AvgIpc) is 2.97. The van der Waals surface area contributed by atoms with Crippen LogP contribution in [0.3, 0.4) is 0 Å². The Morgan fingerprint density at radius 2 is 2.25 bits per heavy atom. The number of rotatable bonds is 7. The van der Waals surface area contributed by atoms with Gasteiger partial charge in [0.1, 0.15) is 0 Å². The standard InChI is InChI=1S/C16H32N2O2/c1-13(2)8-17-10-16(5-7-20-12-16)11-18-6-4-14(3)15(18)9-19/h13-15,17,19H,4-12H2,1-3H3. The number of likely N-dealkylation sites (tertiary alicyclic amines) is 1. The molecule has 2 aliphatic rings. The molecule has 0 aromatic heterocycles. The lowest BCUT2D eigenvalue weighted by molar-refractivity contribution is 0.0744. The molecule has 2 N–H and O–H groups in total. The van der Waals surface area contributed by atoms with Crippen molar-refractivity contribution in [3.63, 3.8) is 0 Å². The van der Waals surface area contributed by atoms with Gasteiger partial charge in [0, 0.05) is 31.2 Å². The first-order valence-corrected chi connectivity index (χ1v) is 8.20. The van der Waals surface area contributed by atoms with Gasteiger partial charge in [-0.2, -0.15) is 0 Å². The number of nitrogens with one attached hydrogen (secondary N) is 1. The van der Waals surface area contributed by atoms with Gasteiger partial charge in [0.15, 0.2) is 0 Å². The number of hydrogen-bond donors (Lipinski definition) is 2. The molecule has 2 rings (SSSR count). The Balaban J connectivity index is 1.91. The van der Waals surface area contributed by atoms with E-state index < -0.39 is 0 Å². The van der Waals surface area contributed by atoms with E-state index in [1.165, 1.54) is 6.42 Å². The van der Waals surface area contributed by atoms with E-state index in [1.807, 2.05) is 0 Å². The fourth-order valence-corrected chi connectivity index (χ4v) is 3.61. The largest absolute Gasteiger partial charge is 0.395 e. The second kappa shape index (κ2) is 7.21. The molecule has 0 aliphatic carbocycles. The van der Waals surface area contributed by atoms with Crippen LogP contribution < -0.4 is 5.32 Å². The second-order valence-electron chi connectivity index (χ2n) is 7.31. The number of hydrogen-bond acceptors (Lipinski definition) is 4. The number of nitrogens with zero attached hydrogens (tertiary/aromatic N) is 1. The summed E-state index contributed by atoms with van der Waals surface area (Å²) in [6, 6.07) is 0.345. The van der Waals surface area contributed by atoms with Gasteiger partial charge in [-0.15, -0.1) is 0 Å². The Morgan fingerprint density at radius 1 is 1.45 bits per heavy atom. The van der Waals surface area contributed by atoms with E-state index in [2.05, 4.69) is 31.0 Å². The lowest BCUT2D eigenvalue weighted by Crippen LogP contribution is -2.48. The molecule has 0 spiro atoms. The molecule has 4 nitrogen and oxygen atoms in total. The molecule has 3 unspecified atom stereocenters. The van der Waals surface area contributed by atoms with E-state index in [-0.39, 0.29) is 12.0 Å². The lowest BCUT2D eigenvalue weighted by Gasteiger charge is -2.36. The van der Waals surface area contributed by atoms with Crippen molar-refractivity contribution in [3.05, 3.63) is 0 Å². The molecule has 118 valence electrons. The van der Waals surface area contributed by atoms with Gasteiger partial charge in [-0.3, -0.25) is 4.90 Å². The number of aliphatic hydroxyl groups excluding tert-OH is 1. The molecule has 2 saturated heterocycles. The highest BCUT2D eigenvalue weighted by atomic mass is 16.5. The van der Waals surface area contributed by atoms with E-state index in [0.717, 1.165) is 45.8 Å². The Bertz CT molecular complexity index is 290. The van der Waals surface area contributed by atoms with Gasteiger partial charge in [-0.25, -0.2) is 0 Å². The fourth-order valence-electron chi connectivity index (χ4n) is 3.61. The summed E-state index contributed by atoms with van der Waals surface area (Å²) in [5.74, 6) is 1.30. The van der Waals surface area contributed by atoms with Gasteiger partial charge in [0.25, 0.3) is 0 Å². The summed E-state index contributed by atoms with van der Waals surface area (Å²) in [6.07, 6.45) is 2.35. The Hall–Kier alpha value is -0.160. The van der Waals surface area contributed by atoms with E-state index in [1.54, 1.807) is 0 Å². The minimum atomic E-state index is 0.242. The van der Waals surface area contributed by atoms with Crippen LogP contribution in [0, 0.1) is 17.3 Å². The first-order valence-electron chi connectivity index (χ1n) is 8.20. The van der Waals surface area contributed by atoms with Gasteiger partial charge in [0.05, 0.1) is 13.2 Å². The van der Waals surface area contributed by atoms with Gasteiger partial charge in [0.2, 0.25) is 0 Å². The van der Waals surface area contributed by atoms with Crippen molar-refractivity contribution in [2.45, 2.75) is 39.7 Å². The third kappa shape index (κ3) is 3.94. The van der Waals surface area contributed by atoms with E-state index in [0.29, 0.717) is 17.9 Å². The Morgan fingerprint density at radius 3 is 2.85 bits per heavy atom. The minimum absolute atomic E-state index is 0.242. The zero-order chi connectivity index (χ0) is 14.6. The molecule has 0 radical (unpaired) electrons. The molecular formula is C16H32N2O2. The summed E-state index contributed by atoms with van der Waals surface area (Å²) < 4.78 is 5.69. The molecule has 20 heavy (non-hydrogen) atoms. The minimum Gasteiger partial charge on any atom is -0.395 e. The quantitative estimate of drug-likeness (QED) is 0.740. The van der Waals surface area contributed by atoms with Crippen molar-refractivity contribution in [1.29, 1.82) is 0 Å². The molecule has 0 amide bonds. The summed E-state index contributed by atoms with van der Waals surface area (Å²) in [5.41, 5.74) is 0.242. The predicted molar refractivity (Wildman–Crippen MR) is 81.8 cm³/mol. The topological polar surface area (TPSA) is 44.7 Å². The normalized spacial score (nSPS) is 35.2. The van der Waals surface area contributed by atoms with Crippen molar-refractivity contribution in [2.24, 2.45) is 17.3 Å². The van der Waals surface area contributed by atoms with Crippen molar-refractivity contribution >= 4 is 0 Å². The van der Waals surface area contributed by atoms with Gasteiger partial charge in [-0.1, -0.05) is 20.8 Å². The predicted octanol–water partition coefficient (Wildman–Crippen LogP) is 1.34. The van der Waals surface area contributed by atoms with E-state index >= 15 is 0 Å². The molecule has 2 fully saturated rings. The van der Waals surface area contributed by atoms with E-state index in [9.17, 15) is 5.11 Å². The molecule has 2 aliphatic heterocycles. The third-order valence-electron chi connectivity index (χ3n) is 4.96. The van der Waals surface area contributed by atoms with Gasteiger partial charge in [-0.05, 0) is 37.8 Å². The van der Waals surface area contributed by atoms with Crippen LogP contribution in [0.25, 0.3) is 0 Å². The van der Waals surface area contributed by atoms with Crippen LogP contribution in [-0.2, 0) is 4.74 Å². The highest BCUT2D eigenvalue weighted by Gasteiger charge is 2.40. The second-order valence-corrected chi connectivity index (χ2v) is 7.31. The van der Waals surface area contributed by atoms with Crippen molar-refractivity contribution in [3.8, 4) is 0 Å². The highest BCUT2D eigenvalue weighted by molar-refractivity contribution is 4.93. The van der Waals surface area contributed by atoms with Gasteiger partial charge >= 0.3 is 0 Å². The zero-order valence-corrected chi connectivity index (χ0v) is 13.4. The highest BCUT2D eigenvalue weighted by Crippen LogP contribution is 2.33. The van der Waals surface area contributed by atoms with Crippen molar-refractivity contribution in [2.75, 3.05) is 46.0 Å². The molecule has 3 atom stereocenters. The first-order chi connectivity index (χ1) is 9.56. The molecule has 2 heterocycles. The Kier molecular flexibility index (Phi) is 5.84. The molecule has 0 saturated carbocycles. The third-order valence-corrected chi connectivity index (χ3v) is 4.96. The zero-order valence-electron chi connectivity index (χ0n) is 13.4. The van der Waals surface area contributed by atoms with Crippen molar-refractivity contribution < 1.29 is 9.84 Å².